The lowest BCUT2D eigenvalue weighted by Gasteiger charge is -2.30. The molecule has 6 aliphatic carbocycles. The van der Waals surface area contributed by atoms with E-state index in [1.54, 1.807) is 48.5 Å². The average Bonchev–Trinajstić information content (AvgIpc) is 4.19. The lowest BCUT2D eigenvalue weighted by atomic mass is 9.76. The molecule has 0 saturated heterocycles. The molecule has 0 aromatic heterocycles. The van der Waals surface area contributed by atoms with E-state index in [9.17, 15) is 30.0 Å². The first kappa shape index (κ1) is 49.5. The molecule has 4 bridgehead atoms. The van der Waals surface area contributed by atoms with Gasteiger partial charge in [0.15, 0.2) is 0 Å². The molecule has 10 nitrogen and oxygen atoms in total. The first-order valence-electron chi connectivity index (χ1n) is 25.1. The minimum absolute atomic E-state index is 0.151. The minimum atomic E-state index is -0.634. The number of phenolic OH excluding ortho intramolecular Hbond substituents is 2. The second-order valence-electron chi connectivity index (χ2n) is 22.1. The fourth-order valence-corrected chi connectivity index (χ4v) is 14.0. The van der Waals surface area contributed by atoms with Crippen molar-refractivity contribution in [1.82, 2.24) is 0 Å². The average molecular weight is 931 g/mol. The molecule has 4 N–H and O–H groups in total. The van der Waals surface area contributed by atoms with Gasteiger partial charge in [-0.3, -0.25) is 4.79 Å². The van der Waals surface area contributed by atoms with Crippen molar-refractivity contribution < 1.29 is 49.0 Å². The van der Waals surface area contributed by atoms with Crippen LogP contribution in [0.25, 0.3) is 0 Å². The highest BCUT2D eigenvalue weighted by Gasteiger charge is 2.56. The van der Waals surface area contributed by atoms with Crippen LogP contribution < -0.4 is 9.47 Å². The fourth-order valence-electron chi connectivity index (χ4n) is 14.0. The Morgan fingerprint density at radius 2 is 0.912 bits per heavy atom. The molecule has 4 aromatic rings. The number of ether oxygens (including phenoxy) is 4. The fraction of sp³-hybridized carbons (Fsp3) is 0.552. The Balaban J connectivity index is 0.000000164. The maximum absolute atomic E-state index is 12.4. The Morgan fingerprint density at radius 1 is 0.500 bits per heavy atom. The van der Waals surface area contributed by atoms with Crippen molar-refractivity contribution in [2.24, 2.45) is 71.0 Å². The lowest BCUT2D eigenvalue weighted by Crippen LogP contribution is -2.26. The molecule has 6 aliphatic rings. The normalized spacial score (nSPS) is 29.5. The third-order valence-electron chi connectivity index (χ3n) is 17.5. The Morgan fingerprint density at radius 3 is 1.37 bits per heavy atom. The lowest BCUT2D eigenvalue weighted by molar-refractivity contribution is -0.131. The summed E-state index contributed by atoms with van der Waals surface area (Å²) < 4.78 is 21.6. The largest absolute Gasteiger partial charge is 0.513 e. The molecular weight excluding hydrogens is 857 g/mol. The molecule has 68 heavy (non-hydrogen) atoms. The summed E-state index contributed by atoms with van der Waals surface area (Å²) >= 11 is 0. The molecule has 0 spiro atoms. The zero-order chi connectivity index (χ0) is 48.3. The number of esters is 1. The molecule has 10 heteroatoms. The summed E-state index contributed by atoms with van der Waals surface area (Å²) in [6.45, 7) is 12.0. The standard InChI is InChI=1S/C31H38O6.C15H16O2.C12H20O2/c1-19(32)36-25-9-5-23(6-10-25)31(2,3)24-7-11-26(12-8-24)37-30(33)35-17-20-13-27-21-15-22(18-34-4)28(16-21)29(27)14-20;1-15(2,11-3-7-13(16)8-4-11)12-5-9-14(17)10-6-12;13-5-7-1-10-8-3-9(6-14)11(4-8)12(10)2-7/h5-12,20-22,27-29H,13-18H2,1-4H3;3-10,16-17H,1-2H3;7-14H,1-6H2. The van der Waals surface area contributed by atoms with E-state index >= 15 is 0 Å². The Kier molecular flexibility index (Phi) is 15.3. The highest BCUT2D eigenvalue weighted by Crippen LogP contribution is 2.63. The van der Waals surface area contributed by atoms with E-state index in [2.05, 4.69) is 27.7 Å². The number of hydrogen-bond donors (Lipinski definition) is 4. The second-order valence-corrected chi connectivity index (χ2v) is 22.1. The number of phenols is 2. The quantitative estimate of drug-likeness (QED) is 0.0614. The van der Waals surface area contributed by atoms with E-state index in [4.69, 9.17) is 18.9 Å². The van der Waals surface area contributed by atoms with Gasteiger partial charge in [0, 0.05) is 44.7 Å². The maximum atomic E-state index is 12.4. The Labute approximate surface area is 403 Å². The molecule has 0 amide bonds. The number of rotatable bonds is 12. The van der Waals surface area contributed by atoms with Gasteiger partial charge in [-0.15, -0.1) is 0 Å². The summed E-state index contributed by atoms with van der Waals surface area (Å²) in [5.74, 6) is 10.2. The van der Waals surface area contributed by atoms with Gasteiger partial charge in [-0.05, 0) is 193 Å². The van der Waals surface area contributed by atoms with Gasteiger partial charge >= 0.3 is 12.1 Å². The molecule has 10 rings (SSSR count). The Hall–Kier alpha value is -4.90. The monoisotopic (exact) mass is 931 g/mol. The van der Waals surface area contributed by atoms with E-state index in [1.807, 2.05) is 55.6 Å². The van der Waals surface area contributed by atoms with Crippen molar-refractivity contribution in [3.05, 3.63) is 119 Å². The van der Waals surface area contributed by atoms with Gasteiger partial charge in [0.25, 0.3) is 0 Å². The van der Waals surface area contributed by atoms with E-state index in [1.165, 1.54) is 51.9 Å². The highest BCUT2D eigenvalue weighted by atomic mass is 16.7. The van der Waals surface area contributed by atoms with Crippen LogP contribution in [0.5, 0.6) is 23.0 Å². The van der Waals surface area contributed by atoms with E-state index in [0.717, 1.165) is 82.6 Å². The molecule has 0 aliphatic heterocycles. The van der Waals surface area contributed by atoms with Crippen molar-refractivity contribution in [3.8, 4) is 23.0 Å². The molecule has 0 heterocycles. The van der Waals surface area contributed by atoms with Crippen LogP contribution in [0, 0.1) is 71.0 Å². The molecule has 366 valence electrons. The molecule has 12 unspecified atom stereocenters. The third kappa shape index (κ3) is 10.8. The van der Waals surface area contributed by atoms with Crippen molar-refractivity contribution in [3.63, 3.8) is 0 Å². The number of methoxy groups -OCH3 is 1. The zero-order valence-electron chi connectivity index (χ0n) is 40.9. The van der Waals surface area contributed by atoms with Crippen LogP contribution in [0.15, 0.2) is 97.1 Å². The molecule has 12 atom stereocenters. The summed E-state index contributed by atoms with van der Waals surface area (Å²) in [4.78, 5) is 23.6. The number of aliphatic hydroxyl groups excluding tert-OH is 2. The maximum Gasteiger partial charge on any atom is 0.513 e. The van der Waals surface area contributed by atoms with Crippen LogP contribution in [0.4, 0.5) is 4.79 Å². The first-order valence-corrected chi connectivity index (χ1v) is 25.1. The van der Waals surface area contributed by atoms with Crippen molar-refractivity contribution >= 4 is 12.1 Å². The van der Waals surface area contributed by atoms with Crippen molar-refractivity contribution in [2.45, 2.75) is 96.8 Å². The molecule has 0 radical (unpaired) electrons. The van der Waals surface area contributed by atoms with Gasteiger partial charge in [-0.1, -0.05) is 76.2 Å². The van der Waals surface area contributed by atoms with E-state index < -0.39 is 6.16 Å². The zero-order valence-corrected chi connectivity index (χ0v) is 40.9. The minimum Gasteiger partial charge on any atom is -0.508 e. The summed E-state index contributed by atoms with van der Waals surface area (Å²) in [5.41, 5.74) is 3.98. The number of aliphatic hydroxyl groups is 2. The highest BCUT2D eigenvalue weighted by molar-refractivity contribution is 5.69. The van der Waals surface area contributed by atoms with Crippen molar-refractivity contribution in [2.75, 3.05) is 33.5 Å². The summed E-state index contributed by atoms with van der Waals surface area (Å²) in [6.07, 6.45) is 9.51. The molecule has 6 fully saturated rings. The first-order chi connectivity index (χ1) is 32.6. The SMILES string of the molecule is CC(C)(c1ccc(O)cc1)c1ccc(O)cc1.COCC1CC2CC1C1CC(COC(=O)Oc3ccc(C(C)(C)c4ccc(OC(C)=O)cc4)cc3)CC21.OCC1CC2C3CC(CO)C(C3)C2C1. The van der Waals surface area contributed by atoms with Gasteiger partial charge in [-0.2, -0.15) is 0 Å². The van der Waals surface area contributed by atoms with Crippen molar-refractivity contribution in [1.29, 1.82) is 0 Å². The van der Waals surface area contributed by atoms with Gasteiger partial charge in [-0.25, -0.2) is 4.79 Å². The molecular formula is C58H74O10. The number of carbonyl (C=O) groups is 2. The predicted octanol–water partition coefficient (Wildman–Crippen LogP) is 11.1. The van der Waals surface area contributed by atoms with Crippen LogP contribution in [-0.4, -0.2) is 66.1 Å². The van der Waals surface area contributed by atoms with E-state index in [-0.39, 0.29) is 28.3 Å². The number of benzene rings is 4. The number of hydrogen-bond acceptors (Lipinski definition) is 10. The predicted molar refractivity (Wildman–Crippen MR) is 262 cm³/mol. The van der Waals surface area contributed by atoms with Gasteiger partial charge in [0.1, 0.15) is 23.0 Å². The third-order valence-corrected chi connectivity index (χ3v) is 17.5. The second kappa shape index (κ2) is 21.0. The number of carbonyl (C=O) groups excluding carboxylic acids is 2. The van der Waals surface area contributed by atoms with Crippen LogP contribution >= 0.6 is 0 Å². The summed E-state index contributed by atoms with van der Waals surface area (Å²) in [6, 6.07) is 29.5. The van der Waals surface area contributed by atoms with Gasteiger partial charge < -0.3 is 39.4 Å². The summed E-state index contributed by atoms with van der Waals surface area (Å²) in [5, 5.41) is 37.1. The number of fused-ring (bicyclic) bond motifs is 10. The van der Waals surface area contributed by atoms with Crippen LogP contribution in [0.3, 0.4) is 0 Å². The van der Waals surface area contributed by atoms with Gasteiger partial charge in [0.2, 0.25) is 0 Å². The summed E-state index contributed by atoms with van der Waals surface area (Å²) in [7, 11) is 1.81. The van der Waals surface area contributed by atoms with E-state index in [0.29, 0.717) is 55.0 Å². The van der Waals surface area contributed by atoms with Crippen LogP contribution in [0.2, 0.25) is 0 Å². The molecule has 4 aromatic carbocycles. The topological polar surface area (TPSA) is 152 Å². The smallest absolute Gasteiger partial charge is 0.508 e. The Bertz CT molecular complexity index is 2240. The van der Waals surface area contributed by atoms with Gasteiger partial charge in [0.05, 0.1) is 6.61 Å². The van der Waals surface area contributed by atoms with Crippen LogP contribution in [0.1, 0.15) is 108 Å². The van der Waals surface area contributed by atoms with Crippen LogP contribution in [-0.2, 0) is 25.1 Å². The number of aromatic hydroxyl groups is 2. The molecule has 6 saturated carbocycles.